The highest BCUT2D eigenvalue weighted by atomic mass is 32.1. The Kier molecular flexibility index (Phi) is 14.1. The molecule has 3 fully saturated rings. The molecule has 65 heavy (non-hydrogen) atoms. The molecule has 17 heteroatoms. The molecule has 2 saturated carbocycles. The number of methoxy groups -OCH3 is 1. The number of halogens is 3. The Hall–Kier alpha value is -4.79. The number of nitrogens with one attached hydrogen (secondary N) is 1. The summed E-state index contributed by atoms with van der Waals surface area (Å²) in [5.41, 5.74) is 0.218. The fourth-order valence-corrected chi connectivity index (χ4v) is 13.1. The average Bonchev–Trinajstić information content (AvgIpc) is 3.68. The molecule has 2 aliphatic carbocycles. The van der Waals surface area contributed by atoms with Gasteiger partial charge in [0.15, 0.2) is 22.5 Å². The van der Waals surface area contributed by atoms with Crippen LogP contribution in [0.3, 0.4) is 0 Å². The molecule has 2 aromatic carbocycles. The van der Waals surface area contributed by atoms with Gasteiger partial charge in [-0.3, -0.25) is 18.9 Å². The van der Waals surface area contributed by atoms with E-state index in [1.807, 2.05) is 26.0 Å². The summed E-state index contributed by atoms with van der Waals surface area (Å²) in [6.07, 6.45) is 8.01. The topological polar surface area (TPSA) is 157 Å². The maximum Gasteiger partial charge on any atom is 0.306 e. The summed E-state index contributed by atoms with van der Waals surface area (Å²) in [6.45, 7) is 3.87. The Morgan fingerprint density at radius 3 is 2.49 bits per heavy atom. The van der Waals surface area contributed by atoms with Crippen molar-refractivity contribution in [3.63, 3.8) is 0 Å². The number of allylic oxidation sites excluding steroid dienone is 2. The largest absolute Gasteiger partial charge is 0.494 e. The third-order valence-electron chi connectivity index (χ3n) is 13.3. The first-order chi connectivity index (χ1) is 31.2. The smallest absolute Gasteiger partial charge is 0.306 e. The highest BCUT2D eigenvalue weighted by Gasteiger charge is 2.65. The lowest BCUT2D eigenvalue weighted by Gasteiger charge is -2.30. The Balaban J connectivity index is 1.15. The van der Waals surface area contributed by atoms with Gasteiger partial charge < -0.3 is 29.3 Å². The molecular weight excluding hydrogens is 881 g/mol. The Morgan fingerprint density at radius 2 is 1.75 bits per heavy atom. The van der Waals surface area contributed by atoms with Gasteiger partial charge in [0.2, 0.25) is 13.3 Å². The van der Waals surface area contributed by atoms with E-state index in [-0.39, 0.29) is 55.0 Å². The number of aromatic nitrogens is 2. The first-order valence-corrected chi connectivity index (χ1v) is 25.4. The number of carbonyl (C=O) groups is 3. The van der Waals surface area contributed by atoms with Crippen molar-refractivity contribution in [1.82, 2.24) is 14.9 Å². The van der Waals surface area contributed by atoms with Crippen molar-refractivity contribution in [2.45, 2.75) is 133 Å². The van der Waals surface area contributed by atoms with Crippen LogP contribution >= 0.6 is 18.7 Å². The summed E-state index contributed by atoms with van der Waals surface area (Å²) in [7, 11) is -3.16. The van der Waals surface area contributed by atoms with E-state index in [0.717, 1.165) is 50.7 Å². The zero-order chi connectivity index (χ0) is 46.0. The molecule has 4 aliphatic rings. The SMILES string of the molecule is COc1ccc2c(O[C@@H]3C[C@H]4C(=O)C[C@]5(P(=O)(O)Cc6c(F)cccc6F)C[C@H]5/C=C\CCCCC[C@H](CC(=O)OC5CCCC5)C(=O)N4C3)cc(-c3csc(NC(C)C)n3)nc2c1F. The zero-order valence-electron chi connectivity index (χ0n) is 36.9. The van der Waals surface area contributed by atoms with Gasteiger partial charge in [-0.15, -0.1) is 11.3 Å². The number of esters is 1. The monoisotopic (exact) mass is 936 g/mol. The molecule has 1 amide bonds. The number of pyridine rings is 1. The van der Waals surface area contributed by atoms with E-state index in [2.05, 4.69) is 15.3 Å². The minimum Gasteiger partial charge on any atom is -0.494 e. The summed E-state index contributed by atoms with van der Waals surface area (Å²) < 4.78 is 78.3. The van der Waals surface area contributed by atoms with E-state index >= 15 is 4.39 Å². The number of anilines is 1. The molecule has 0 bridgehead atoms. The van der Waals surface area contributed by atoms with Crippen molar-refractivity contribution in [2.75, 3.05) is 19.0 Å². The molecule has 1 saturated heterocycles. The van der Waals surface area contributed by atoms with Crippen LogP contribution in [0.1, 0.15) is 103 Å². The summed E-state index contributed by atoms with van der Waals surface area (Å²) in [5.74, 6) is -5.19. The van der Waals surface area contributed by atoms with Crippen LogP contribution in [-0.2, 0) is 29.8 Å². The number of fused-ring (bicyclic) bond motifs is 3. The van der Waals surface area contributed by atoms with E-state index in [1.165, 1.54) is 35.5 Å². The van der Waals surface area contributed by atoms with E-state index in [1.54, 1.807) is 17.5 Å². The van der Waals surface area contributed by atoms with Crippen molar-refractivity contribution in [1.29, 1.82) is 0 Å². The molecule has 4 heterocycles. The van der Waals surface area contributed by atoms with Crippen molar-refractivity contribution in [3.05, 3.63) is 76.9 Å². The van der Waals surface area contributed by atoms with Crippen LogP contribution in [0.4, 0.5) is 18.3 Å². The van der Waals surface area contributed by atoms with Crippen LogP contribution in [0.5, 0.6) is 11.5 Å². The second-order valence-corrected chi connectivity index (χ2v) is 21.8. The van der Waals surface area contributed by atoms with Crippen molar-refractivity contribution < 1.29 is 51.2 Å². The molecule has 12 nitrogen and oxygen atoms in total. The normalized spacial score (nSPS) is 25.6. The third kappa shape index (κ3) is 10.1. The fraction of sp³-hybridized carbons (Fsp3) is 0.521. The number of carbonyl (C=O) groups excluding carboxylic acids is 3. The molecule has 2 aromatic heterocycles. The van der Waals surface area contributed by atoms with Gasteiger partial charge in [-0.1, -0.05) is 31.1 Å². The molecule has 6 atom stereocenters. The first kappa shape index (κ1) is 46.7. The van der Waals surface area contributed by atoms with Gasteiger partial charge in [-0.2, -0.15) is 0 Å². The molecule has 1 unspecified atom stereocenters. The molecule has 0 spiro atoms. The second-order valence-electron chi connectivity index (χ2n) is 18.3. The van der Waals surface area contributed by atoms with E-state index in [4.69, 9.17) is 14.2 Å². The van der Waals surface area contributed by atoms with Crippen LogP contribution in [-0.4, -0.2) is 80.5 Å². The fourth-order valence-electron chi connectivity index (χ4n) is 9.76. The van der Waals surface area contributed by atoms with Gasteiger partial charge in [-0.05, 0) is 95.4 Å². The third-order valence-corrected chi connectivity index (χ3v) is 16.9. The van der Waals surface area contributed by atoms with Gasteiger partial charge in [-0.25, -0.2) is 23.1 Å². The van der Waals surface area contributed by atoms with E-state index in [0.29, 0.717) is 41.2 Å². The predicted octanol–water partition coefficient (Wildman–Crippen LogP) is 10.2. The number of ketones is 1. The number of benzene rings is 2. The van der Waals surface area contributed by atoms with Gasteiger partial charge in [0.1, 0.15) is 40.8 Å². The number of ether oxygens (including phenoxy) is 3. The van der Waals surface area contributed by atoms with Gasteiger partial charge >= 0.3 is 5.97 Å². The number of Topliss-reactive ketones (excluding diaryl/α,β-unsaturated/α-hetero) is 1. The summed E-state index contributed by atoms with van der Waals surface area (Å²) in [6, 6.07) is 6.92. The molecule has 2 aliphatic heterocycles. The lowest BCUT2D eigenvalue weighted by atomic mass is 9.94. The maximum atomic E-state index is 16.0. The molecule has 4 aromatic rings. The molecular formula is C48H56F3N4O8PS. The van der Waals surface area contributed by atoms with Crippen molar-refractivity contribution in [2.24, 2.45) is 11.8 Å². The number of nitrogens with zero attached hydrogens (tertiary/aromatic N) is 3. The number of thiazole rings is 1. The predicted molar refractivity (Wildman–Crippen MR) is 242 cm³/mol. The van der Waals surface area contributed by atoms with Crippen LogP contribution in [0.2, 0.25) is 0 Å². The van der Waals surface area contributed by atoms with Crippen LogP contribution in [0.15, 0.2) is 53.9 Å². The quantitative estimate of drug-likeness (QED) is 0.0792. The van der Waals surface area contributed by atoms with E-state index in [9.17, 15) is 32.6 Å². The summed E-state index contributed by atoms with van der Waals surface area (Å²) >= 11 is 1.36. The maximum absolute atomic E-state index is 16.0. The zero-order valence-corrected chi connectivity index (χ0v) is 38.6. The Bertz CT molecular complexity index is 2490. The van der Waals surface area contributed by atoms with Gasteiger partial charge in [0.05, 0.1) is 43.1 Å². The molecule has 2 N–H and O–H groups in total. The number of hydrogen-bond acceptors (Lipinski definition) is 11. The van der Waals surface area contributed by atoms with Crippen LogP contribution < -0.4 is 14.8 Å². The number of amides is 1. The van der Waals surface area contributed by atoms with Crippen molar-refractivity contribution >= 4 is 52.4 Å². The standard InChI is InChI=1S/C48H56F3N4O8PS/c1-28(2)52-47-54-38(27-65-47)37-22-42(33-18-19-41(61-3)44(51)45(33)53-37)62-32-21-39-40(56)24-48(64(59,60)26-34-35(49)16-11-17-36(34)50)23-30(48)13-8-6-4-5-7-12-29(46(58)55(39)25-32)20-43(57)63-31-14-9-10-15-31/h8,11,13,16-19,22,27-32,39H,4-7,9-10,12,14-15,20-21,23-26H2,1-3H3,(H,52,54)(H,59,60)/b13-8-/t29-,30-,32-,39+,48-/m1/s1. The highest BCUT2D eigenvalue weighted by molar-refractivity contribution is 7.59. The van der Waals surface area contributed by atoms with Gasteiger partial charge in [0, 0.05) is 47.2 Å². The number of hydrogen-bond donors (Lipinski definition) is 2. The molecule has 348 valence electrons. The van der Waals surface area contributed by atoms with Crippen LogP contribution in [0.25, 0.3) is 22.3 Å². The lowest BCUT2D eigenvalue weighted by Crippen LogP contribution is -2.45. The Labute approximate surface area is 380 Å². The Morgan fingerprint density at radius 1 is 1.00 bits per heavy atom. The van der Waals surface area contributed by atoms with Crippen molar-refractivity contribution in [3.8, 4) is 22.9 Å². The molecule has 8 rings (SSSR count). The second kappa shape index (κ2) is 19.6. The first-order valence-electron chi connectivity index (χ1n) is 22.7. The molecule has 0 radical (unpaired) electrons. The minimum atomic E-state index is -4.51. The lowest BCUT2D eigenvalue weighted by molar-refractivity contribution is -0.154. The van der Waals surface area contributed by atoms with Gasteiger partial charge in [0.25, 0.3) is 0 Å². The average molecular weight is 937 g/mol. The van der Waals surface area contributed by atoms with E-state index < -0.39 is 89.8 Å². The minimum absolute atomic E-state index is 0.0323. The summed E-state index contributed by atoms with van der Waals surface area (Å²) in [4.78, 5) is 65.9. The summed E-state index contributed by atoms with van der Waals surface area (Å²) in [5, 5.41) is 4.47. The number of rotatable bonds is 12. The highest BCUT2D eigenvalue weighted by Crippen LogP contribution is 2.74. The van der Waals surface area contributed by atoms with Crippen LogP contribution in [0, 0.1) is 29.3 Å².